The molecule has 108 valence electrons. The summed E-state index contributed by atoms with van der Waals surface area (Å²) >= 11 is 1.41. The summed E-state index contributed by atoms with van der Waals surface area (Å²) in [6.45, 7) is 2.05. The lowest BCUT2D eigenvalue weighted by atomic mass is 10.1. The number of amides is 1. The Kier molecular flexibility index (Phi) is 3.72. The van der Waals surface area contributed by atoms with E-state index < -0.39 is 0 Å². The van der Waals surface area contributed by atoms with E-state index in [0.717, 1.165) is 27.9 Å². The molecule has 6 heteroatoms. The number of fused-ring (bicyclic) bond motifs is 1. The van der Waals surface area contributed by atoms with Gasteiger partial charge in [-0.2, -0.15) is 0 Å². The van der Waals surface area contributed by atoms with Gasteiger partial charge in [0.1, 0.15) is 6.61 Å². The number of nitrogens with zero attached hydrogens (tertiary/aromatic N) is 1. The molecule has 0 aliphatic carbocycles. The van der Waals surface area contributed by atoms with Crippen LogP contribution in [0.4, 0.5) is 5.13 Å². The number of rotatable bonds is 4. The van der Waals surface area contributed by atoms with Crippen molar-refractivity contribution in [2.24, 2.45) is 0 Å². The van der Waals surface area contributed by atoms with Crippen LogP contribution in [0.5, 0.6) is 0 Å². The number of thiazole rings is 1. The molecule has 0 spiro atoms. The zero-order chi connectivity index (χ0) is 14.8. The summed E-state index contributed by atoms with van der Waals surface area (Å²) in [5.41, 5.74) is 4.09. The van der Waals surface area contributed by atoms with E-state index in [-0.39, 0.29) is 12.5 Å². The molecule has 0 aliphatic heterocycles. The predicted molar refractivity (Wildman–Crippen MR) is 84.6 cm³/mol. The summed E-state index contributed by atoms with van der Waals surface area (Å²) in [6, 6.07) is 8.11. The highest BCUT2D eigenvalue weighted by atomic mass is 32.1. The molecule has 0 fully saturated rings. The molecule has 21 heavy (non-hydrogen) atoms. The number of nitrogens with one attached hydrogen (secondary N) is 2. The van der Waals surface area contributed by atoms with Gasteiger partial charge >= 0.3 is 0 Å². The van der Waals surface area contributed by atoms with E-state index in [1.807, 2.05) is 30.5 Å². The monoisotopic (exact) mass is 301 g/mol. The Labute approximate surface area is 126 Å². The number of carbonyl (C=O) groups is 1. The molecule has 5 nitrogen and oxygen atoms in total. The molecule has 0 unspecified atom stereocenters. The summed E-state index contributed by atoms with van der Waals surface area (Å²) < 4.78 is 4.79. The van der Waals surface area contributed by atoms with Crippen molar-refractivity contribution in [3.63, 3.8) is 0 Å². The van der Waals surface area contributed by atoms with Crippen LogP contribution in [0, 0.1) is 6.92 Å². The Morgan fingerprint density at radius 1 is 1.43 bits per heavy atom. The maximum Gasteiger partial charge on any atom is 0.252 e. The number of carbonyl (C=O) groups excluding carboxylic acids is 1. The van der Waals surface area contributed by atoms with Crippen LogP contribution in [0.2, 0.25) is 0 Å². The van der Waals surface area contributed by atoms with Crippen molar-refractivity contribution in [2.45, 2.75) is 6.92 Å². The zero-order valence-corrected chi connectivity index (χ0v) is 12.6. The topological polar surface area (TPSA) is 67.0 Å². The predicted octanol–water partition coefficient (Wildman–Crippen LogP) is 3.18. The average molecular weight is 301 g/mol. The van der Waals surface area contributed by atoms with Crippen LogP contribution in [0.1, 0.15) is 5.69 Å². The van der Waals surface area contributed by atoms with Crippen LogP contribution in [-0.2, 0) is 9.53 Å². The Morgan fingerprint density at radius 2 is 2.24 bits per heavy atom. The molecule has 2 heterocycles. The van der Waals surface area contributed by atoms with Gasteiger partial charge in [-0.15, -0.1) is 11.3 Å². The second-order valence-electron chi connectivity index (χ2n) is 4.69. The number of aryl methyl sites for hydroxylation is 1. The third kappa shape index (κ3) is 2.68. The number of aromatic amines is 1. The van der Waals surface area contributed by atoms with Gasteiger partial charge in [0.05, 0.1) is 5.69 Å². The first-order valence-corrected chi connectivity index (χ1v) is 7.39. The number of methoxy groups -OCH3 is 1. The Morgan fingerprint density at radius 3 is 3.05 bits per heavy atom. The SMILES string of the molecule is COCC(=O)Nc1nc(-c2c(C)[nH]c3ccccc23)cs1. The van der Waals surface area contributed by atoms with Crippen LogP contribution in [0.3, 0.4) is 0 Å². The molecule has 0 bridgehead atoms. The average Bonchev–Trinajstić information content (AvgIpc) is 3.01. The molecular formula is C15H15N3O2S. The van der Waals surface area contributed by atoms with Gasteiger partial charge in [-0.3, -0.25) is 10.1 Å². The summed E-state index contributed by atoms with van der Waals surface area (Å²) in [4.78, 5) is 19.4. The molecule has 0 radical (unpaired) electrons. The molecule has 0 atom stereocenters. The van der Waals surface area contributed by atoms with Crippen LogP contribution < -0.4 is 5.32 Å². The lowest BCUT2D eigenvalue weighted by Crippen LogP contribution is -2.16. The highest BCUT2D eigenvalue weighted by Gasteiger charge is 2.14. The minimum Gasteiger partial charge on any atom is -0.375 e. The number of hydrogen-bond acceptors (Lipinski definition) is 4. The summed E-state index contributed by atoms with van der Waals surface area (Å²) in [7, 11) is 1.49. The van der Waals surface area contributed by atoms with Gasteiger partial charge in [0, 0.05) is 34.7 Å². The zero-order valence-electron chi connectivity index (χ0n) is 11.8. The fraction of sp³-hybridized carbons (Fsp3) is 0.200. The first-order chi connectivity index (χ1) is 10.2. The molecule has 0 saturated carbocycles. The van der Waals surface area contributed by atoms with Gasteiger partial charge < -0.3 is 9.72 Å². The van der Waals surface area contributed by atoms with Crippen molar-refractivity contribution in [1.82, 2.24) is 9.97 Å². The van der Waals surface area contributed by atoms with Crippen LogP contribution in [0.15, 0.2) is 29.6 Å². The first-order valence-electron chi connectivity index (χ1n) is 6.51. The van der Waals surface area contributed by atoms with Gasteiger partial charge in [-0.25, -0.2) is 4.98 Å². The smallest absolute Gasteiger partial charge is 0.252 e. The summed E-state index contributed by atoms with van der Waals surface area (Å²) in [5, 5.41) is 6.39. The molecular weight excluding hydrogens is 286 g/mol. The molecule has 0 saturated heterocycles. The number of benzene rings is 1. The number of anilines is 1. The van der Waals surface area contributed by atoms with Crippen molar-refractivity contribution in [2.75, 3.05) is 19.0 Å². The van der Waals surface area contributed by atoms with E-state index in [9.17, 15) is 4.79 Å². The van der Waals surface area contributed by atoms with Gasteiger partial charge in [0.15, 0.2) is 5.13 Å². The van der Waals surface area contributed by atoms with Crippen molar-refractivity contribution in [1.29, 1.82) is 0 Å². The minimum absolute atomic E-state index is 0.0288. The second-order valence-corrected chi connectivity index (χ2v) is 5.55. The molecule has 2 aromatic heterocycles. The Bertz CT molecular complexity index is 791. The normalized spacial score (nSPS) is 11.0. The van der Waals surface area contributed by atoms with Gasteiger partial charge in [0.25, 0.3) is 5.91 Å². The fourth-order valence-corrected chi connectivity index (χ4v) is 3.06. The van der Waals surface area contributed by atoms with Gasteiger partial charge in [0.2, 0.25) is 0 Å². The van der Waals surface area contributed by atoms with Crippen LogP contribution in [-0.4, -0.2) is 29.6 Å². The fourth-order valence-electron chi connectivity index (χ4n) is 2.34. The minimum atomic E-state index is -0.200. The van der Waals surface area contributed by atoms with Gasteiger partial charge in [-0.1, -0.05) is 18.2 Å². The maximum absolute atomic E-state index is 11.5. The van der Waals surface area contributed by atoms with E-state index >= 15 is 0 Å². The molecule has 3 aromatic rings. The standard InChI is InChI=1S/C15H15N3O2S/c1-9-14(10-5-3-4-6-11(10)16-9)12-8-21-15(17-12)18-13(19)7-20-2/h3-6,8,16H,7H2,1-2H3,(H,17,18,19). The Hall–Kier alpha value is -2.18. The highest BCUT2D eigenvalue weighted by molar-refractivity contribution is 7.14. The van der Waals surface area contributed by atoms with E-state index in [2.05, 4.69) is 21.4 Å². The summed E-state index contributed by atoms with van der Waals surface area (Å²) in [6.07, 6.45) is 0. The third-order valence-electron chi connectivity index (χ3n) is 3.18. The quantitative estimate of drug-likeness (QED) is 0.777. The third-order valence-corrected chi connectivity index (χ3v) is 3.93. The summed E-state index contributed by atoms with van der Waals surface area (Å²) in [5.74, 6) is -0.200. The number of para-hydroxylation sites is 1. The van der Waals surface area contributed by atoms with Crippen LogP contribution >= 0.6 is 11.3 Å². The number of ether oxygens (including phenoxy) is 1. The molecule has 0 aliphatic rings. The van der Waals surface area contributed by atoms with E-state index in [4.69, 9.17) is 4.74 Å². The Balaban J connectivity index is 1.95. The first kappa shape index (κ1) is 13.8. The van der Waals surface area contributed by atoms with Crippen LogP contribution in [0.25, 0.3) is 22.2 Å². The van der Waals surface area contributed by atoms with Crippen molar-refractivity contribution < 1.29 is 9.53 Å². The second kappa shape index (κ2) is 5.67. The largest absolute Gasteiger partial charge is 0.375 e. The van der Waals surface area contributed by atoms with Crippen molar-refractivity contribution >= 4 is 33.3 Å². The van der Waals surface area contributed by atoms with E-state index in [1.54, 1.807) is 0 Å². The number of H-pyrrole nitrogens is 1. The number of hydrogen-bond donors (Lipinski definition) is 2. The van der Waals surface area contributed by atoms with E-state index in [1.165, 1.54) is 18.4 Å². The lowest BCUT2D eigenvalue weighted by Gasteiger charge is -1.99. The lowest BCUT2D eigenvalue weighted by molar-refractivity contribution is -0.119. The number of aromatic nitrogens is 2. The van der Waals surface area contributed by atoms with Crippen molar-refractivity contribution in [3.8, 4) is 11.3 Å². The van der Waals surface area contributed by atoms with Crippen molar-refractivity contribution in [3.05, 3.63) is 35.3 Å². The molecule has 1 aromatic carbocycles. The molecule has 1 amide bonds. The van der Waals surface area contributed by atoms with E-state index in [0.29, 0.717) is 5.13 Å². The van der Waals surface area contributed by atoms with Gasteiger partial charge in [-0.05, 0) is 13.0 Å². The molecule has 3 rings (SSSR count). The molecule has 2 N–H and O–H groups in total. The maximum atomic E-state index is 11.5. The highest BCUT2D eigenvalue weighted by Crippen LogP contribution is 2.33.